The number of rotatable bonds is 3. The Morgan fingerprint density at radius 3 is 2.71 bits per heavy atom. The van der Waals surface area contributed by atoms with Crippen molar-refractivity contribution in [3.8, 4) is 22.6 Å². The molecule has 0 fully saturated rings. The standard InChI is InChI=1S/C23H25NO4/c1-6-27-22(25)21-20-14(19-16(26-5)8-7-9-17(19)28-21)10-11-15-18(20)13(2)12-23(3,4)24-15/h7-12,21,24H,6H2,1-5H3. The Morgan fingerprint density at radius 2 is 2.00 bits per heavy atom. The van der Waals surface area contributed by atoms with E-state index in [9.17, 15) is 4.79 Å². The smallest absolute Gasteiger partial charge is 0.352 e. The summed E-state index contributed by atoms with van der Waals surface area (Å²) in [4.78, 5) is 12.8. The van der Waals surface area contributed by atoms with Gasteiger partial charge in [0.15, 0.2) is 0 Å². The molecule has 0 spiro atoms. The molecule has 0 aliphatic carbocycles. The number of methoxy groups -OCH3 is 1. The number of hydrogen-bond donors (Lipinski definition) is 1. The number of anilines is 1. The normalized spacial score (nSPS) is 18.5. The topological polar surface area (TPSA) is 56.8 Å². The van der Waals surface area contributed by atoms with Crippen molar-refractivity contribution in [1.29, 1.82) is 0 Å². The summed E-state index contributed by atoms with van der Waals surface area (Å²) in [6.45, 7) is 8.41. The zero-order valence-corrected chi connectivity index (χ0v) is 16.9. The number of esters is 1. The van der Waals surface area contributed by atoms with Gasteiger partial charge in [-0.15, -0.1) is 0 Å². The van der Waals surface area contributed by atoms with Crippen LogP contribution in [0.5, 0.6) is 11.5 Å². The van der Waals surface area contributed by atoms with E-state index in [4.69, 9.17) is 14.2 Å². The Balaban J connectivity index is 2.01. The summed E-state index contributed by atoms with van der Waals surface area (Å²) in [5.74, 6) is 0.950. The summed E-state index contributed by atoms with van der Waals surface area (Å²) in [6, 6.07) is 9.72. The summed E-state index contributed by atoms with van der Waals surface area (Å²) in [5, 5.41) is 3.55. The maximum absolute atomic E-state index is 12.8. The largest absolute Gasteiger partial charge is 0.496 e. The number of nitrogens with one attached hydrogen (secondary N) is 1. The van der Waals surface area contributed by atoms with Gasteiger partial charge in [-0.1, -0.05) is 18.2 Å². The fourth-order valence-corrected chi connectivity index (χ4v) is 4.25. The molecule has 5 nitrogen and oxygen atoms in total. The van der Waals surface area contributed by atoms with Crippen molar-refractivity contribution in [3.05, 3.63) is 47.5 Å². The first-order chi connectivity index (χ1) is 13.4. The minimum atomic E-state index is -0.823. The van der Waals surface area contributed by atoms with E-state index in [1.807, 2.05) is 24.3 Å². The molecule has 1 N–H and O–H groups in total. The van der Waals surface area contributed by atoms with Crippen LogP contribution in [-0.2, 0) is 9.53 Å². The summed E-state index contributed by atoms with van der Waals surface area (Å²) in [6.07, 6.45) is 1.35. The van der Waals surface area contributed by atoms with Crippen molar-refractivity contribution in [1.82, 2.24) is 0 Å². The van der Waals surface area contributed by atoms with Crippen LogP contribution in [0.4, 0.5) is 5.69 Å². The highest BCUT2D eigenvalue weighted by molar-refractivity contribution is 5.95. The first kappa shape index (κ1) is 18.4. The lowest BCUT2D eigenvalue weighted by molar-refractivity contribution is -0.151. The monoisotopic (exact) mass is 379 g/mol. The summed E-state index contributed by atoms with van der Waals surface area (Å²) in [5.41, 5.74) is 5.53. The molecular formula is C23H25NO4. The Kier molecular flexibility index (Phi) is 4.33. The van der Waals surface area contributed by atoms with Gasteiger partial charge in [0.1, 0.15) is 11.5 Å². The van der Waals surface area contributed by atoms with Gasteiger partial charge in [-0.3, -0.25) is 0 Å². The van der Waals surface area contributed by atoms with Gasteiger partial charge in [-0.25, -0.2) is 4.79 Å². The Hall–Kier alpha value is -2.95. The molecule has 2 heterocycles. The quantitative estimate of drug-likeness (QED) is 0.764. The van der Waals surface area contributed by atoms with Gasteiger partial charge in [-0.2, -0.15) is 0 Å². The molecule has 0 saturated carbocycles. The van der Waals surface area contributed by atoms with Crippen molar-refractivity contribution < 1.29 is 19.0 Å². The van der Waals surface area contributed by atoms with E-state index in [0.717, 1.165) is 33.5 Å². The van der Waals surface area contributed by atoms with Gasteiger partial charge >= 0.3 is 5.97 Å². The van der Waals surface area contributed by atoms with Crippen molar-refractivity contribution >= 4 is 17.2 Å². The molecule has 0 amide bonds. The molecule has 2 aliphatic rings. The van der Waals surface area contributed by atoms with E-state index < -0.39 is 6.10 Å². The molecule has 1 unspecified atom stereocenters. The van der Waals surface area contributed by atoms with Crippen LogP contribution in [0.2, 0.25) is 0 Å². The average molecular weight is 379 g/mol. The molecule has 4 rings (SSSR count). The number of carbonyl (C=O) groups is 1. The number of benzene rings is 2. The van der Waals surface area contributed by atoms with Crippen LogP contribution in [0.3, 0.4) is 0 Å². The maximum atomic E-state index is 12.8. The number of allylic oxidation sites excluding steroid dienone is 1. The van der Waals surface area contributed by atoms with Crippen molar-refractivity contribution in [2.45, 2.75) is 39.3 Å². The molecule has 5 heteroatoms. The Morgan fingerprint density at radius 1 is 1.21 bits per heavy atom. The fraction of sp³-hybridized carbons (Fsp3) is 0.348. The number of hydrogen-bond acceptors (Lipinski definition) is 5. The number of ether oxygens (including phenoxy) is 3. The molecule has 28 heavy (non-hydrogen) atoms. The predicted octanol–water partition coefficient (Wildman–Crippen LogP) is 4.97. The second-order valence-electron chi connectivity index (χ2n) is 7.71. The van der Waals surface area contributed by atoms with Gasteiger partial charge in [0.2, 0.25) is 6.10 Å². The van der Waals surface area contributed by atoms with Gasteiger partial charge in [0, 0.05) is 16.8 Å². The van der Waals surface area contributed by atoms with E-state index in [0.29, 0.717) is 18.1 Å². The molecule has 1 atom stereocenters. The van der Waals surface area contributed by atoms with Gasteiger partial charge < -0.3 is 19.5 Å². The van der Waals surface area contributed by atoms with Crippen LogP contribution < -0.4 is 14.8 Å². The highest BCUT2D eigenvalue weighted by atomic mass is 16.6. The van der Waals surface area contributed by atoms with E-state index in [1.54, 1.807) is 14.0 Å². The number of fused-ring (bicyclic) bond motifs is 5. The van der Waals surface area contributed by atoms with Crippen molar-refractivity contribution in [2.75, 3.05) is 19.0 Å². The highest BCUT2D eigenvalue weighted by Gasteiger charge is 2.38. The van der Waals surface area contributed by atoms with E-state index in [1.165, 1.54) is 0 Å². The van der Waals surface area contributed by atoms with Gasteiger partial charge in [0.05, 0.1) is 24.8 Å². The SMILES string of the molecule is CCOC(=O)C1Oc2cccc(OC)c2-c2ccc3c(c21)C(C)=CC(C)(C)N3. The van der Waals surface area contributed by atoms with Crippen LogP contribution in [0, 0.1) is 0 Å². The third-order valence-corrected chi connectivity index (χ3v) is 5.16. The minimum absolute atomic E-state index is 0.171. The minimum Gasteiger partial charge on any atom is -0.496 e. The zero-order chi connectivity index (χ0) is 20.1. The fourth-order valence-electron chi connectivity index (χ4n) is 4.25. The average Bonchev–Trinajstić information content (AvgIpc) is 2.65. The summed E-state index contributed by atoms with van der Waals surface area (Å²) in [7, 11) is 1.64. The summed E-state index contributed by atoms with van der Waals surface area (Å²) >= 11 is 0. The molecule has 146 valence electrons. The molecule has 2 aromatic rings. The third kappa shape index (κ3) is 2.82. The van der Waals surface area contributed by atoms with E-state index in [-0.39, 0.29) is 11.5 Å². The first-order valence-electron chi connectivity index (χ1n) is 9.52. The molecule has 0 aromatic heterocycles. The Labute approximate surface area is 165 Å². The van der Waals surface area contributed by atoms with Crippen molar-refractivity contribution in [3.63, 3.8) is 0 Å². The van der Waals surface area contributed by atoms with Crippen LogP contribution in [0.15, 0.2) is 36.4 Å². The van der Waals surface area contributed by atoms with Gasteiger partial charge in [-0.05, 0) is 57.0 Å². The Bertz CT molecular complexity index is 990. The van der Waals surface area contributed by atoms with Crippen LogP contribution >= 0.6 is 0 Å². The lowest BCUT2D eigenvalue weighted by Crippen LogP contribution is -2.33. The van der Waals surface area contributed by atoms with E-state index >= 15 is 0 Å². The van der Waals surface area contributed by atoms with Gasteiger partial charge in [0.25, 0.3) is 0 Å². The first-order valence-corrected chi connectivity index (χ1v) is 9.52. The number of carbonyl (C=O) groups excluding carboxylic acids is 1. The van der Waals surface area contributed by atoms with Crippen LogP contribution in [-0.4, -0.2) is 25.2 Å². The second-order valence-corrected chi connectivity index (χ2v) is 7.71. The third-order valence-electron chi connectivity index (χ3n) is 5.16. The molecule has 0 saturated heterocycles. The summed E-state index contributed by atoms with van der Waals surface area (Å²) < 4.78 is 17.1. The lowest BCUT2D eigenvalue weighted by atomic mass is 9.81. The maximum Gasteiger partial charge on any atom is 0.352 e. The lowest BCUT2D eigenvalue weighted by Gasteiger charge is -2.36. The second kappa shape index (κ2) is 6.59. The molecule has 2 aromatic carbocycles. The van der Waals surface area contributed by atoms with Crippen molar-refractivity contribution in [2.24, 2.45) is 0 Å². The van der Waals surface area contributed by atoms with E-state index in [2.05, 4.69) is 38.2 Å². The molecular weight excluding hydrogens is 354 g/mol. The predicted molar refractivity (Wildman–Crippen MR) is 110 cm³/mol. The molecule has 0 bridgehead atoms. The van der Waals surface area contributed by atoms with Crippen LogP contribution in [0.1, 0.15) is 44.9 Å². The molecule has 0 radical (unpaired) electrons. The van der Waals surface area contributed by atoms with Crippen LogP contribution in [0.25, 0.3) is 16.7 Å². The molecule has 2 aliphatic heterocycles. The zero-order valence-electron chi connectivity index (χ0n) is 16.9. The highest BCUT2D eigenvalue weighted by Crippen LogP contribution is 2.52.